The summed E-state index contributed by atoms with van der Waals surface area (Å²) >= 11 is -0.304. The molecule has 13 heteroatoms. The number of hydrogen-bond donors (Lipinski definition) is 0. The van der Waals surface area contributed by atoms with Crippen LogP contribution in [-0.4, -0.2) is 87.9 Å². The Morgan fingerprint density at radius 3 is 0.672 bits per heavy atom. The van der Waals surface area contributed by atoms with Crippen molar-refractivity contribution in [1.82, 2.24) is 0 Å². The minimum atomic E-state index is -6.11. The Bertz CT molecular complexity index is 968. The molecule has 0 aromatic heterocycles. The van der Waals surface area contributed by atoms with Crippen LogP contribution in [0.5, 0.6) is 0 Å². The van der Waals surface area contributed by atoms with E-state index in [4.69, 9.17) is 12.3 Å². The zero-order valence-corrected chi connectivity index (χ0v) is 47.1. The second-order valence-corrected chi connectivity index (χ2v) is 29.6. The maximum absolute atomic E-state index is 13.9. The summed E-state index contributed by atoms with van der Waals surface area (Å²) in [5.41, 5.74) is 0. The van der Waals surface area contributed by atoms with Crippen molar-refractivity contribution < 1.29 is 31.5 Å². The molecule has 0 aliphatic carbocycles. The summed E-state index contributed by atoms with van der Waals surface area (Å²) in [5.74, 6) is 2.99. The van der Waals surface area contributed by atoms with Crippen LogP contribution in [0.2, 0.25) is 0 Å². The van der Waals surface area contributed by atoms with Crippen LogP contribution in [0.15, 0.2) is 0 Å². The van der Waals surface area contributed by atoms with Crippen LogP contribution in [-0.2, 0) is 31.5 Å². The third kappa shape index (κ3) is 35.0. The molecule has 0 saturated heterocycles. The fourth-order valence-electron chi connectivity index (χ4n) is 6.30. The van der Waals surface area contributed by atoms with Gasteiger partial charge in [-0.15, -0.1) is 0 Å². The van der Waals surface area contributed by atoms with Crippen molar-refractivity contribution in [2.75, 3.05) is 23.0 Å². The summed E-state index contributed by atoms with van der Waals surface area (Å²) in [7, 11) is 0. The van der Waals surface area contributed by atoms with Crippen LogP contribution in [0, 0.1) is 23.7 Å². The molecule has 0 N–H and O–H groups in total. The zero-order valence-electron chi connectivity index (χ0n) is 41.0. The molecule has 0 aliphatic heterocycles. The second kappa shape index (κ2) is 38.2. The average Bonchev–Trinajstić information content (AvgIpc) is 3.18. The fourth-order valence-corrected chi connectivity index (χ4v) is 16.4. The summed E-state index contributed by atoms with van der Waals surface area (Å²) in [6, 6.07) is 0. The summed E-state index contributed by atoms with van der Waals surface area (Å²) in [4.78, 5) is 55.6. The molecule has 0 rings (SSSR count). The normalized spacial score (nSPS) is 14.8. The van der Waals surface area contributed by atoms with Crippen molar-refractivity contribution in [3.63, 3.8) is 0 Å². The van der Waals surface area contributed by atoms with E-state index in [0.29, 0.717) is 23.7 Å². The van der Waals surface area contributed by atoms with Crippen molar-refractivity contribution in [3.8, 4) is 0 Å². The van der Waals surface area contributed by atoms with E-state index in [-0.39, 0.29) is 0 Å². The molecule has 0 fully saturated rings. The molecule has 0 heterocycles. The Morgan fingerprint density at radius 1 is 0.311 bits per heavy atom. The van der Waals surface area contributed by atoms with Gasteiger partial charge in [-0.3, -0.25) is 0 Å². The minimum absolute atomic E-state index is 0.643. The molecule has 4 atom stereocenters. The first-order chi connectivity index (χ1) is 28.9. The van der Waals surface area contributed by atoms with Crippen molar-refractivity contribution in [2.45, 2.75) is 233 Å². The number of carbonyl (C=O) groups is 4. The van der Waals surface area contributed by atoms with Crippen LogP contribution >= 0.6 is 47.0 Å². The molecule has 8 nitrogen and oxygen atoms in total. The Kier molecular flexibility index (Phi) is 38.3. The molecule has 0 bridgehead atoms. The van der Waals surface area contributed by atoms with Gasteiger partial charge in [0, 0.05) is 0 Å². The van der Waals surface area contributed by atoms with E-state index >= 15 is 0 Å². The molecule has 0 amide bonds. The van der Waals surface area contributed by atoms with Crippen molar-refractivity contribution >= 4 is 91.0 Å². The van der Waals surface area contributed by atoms with Gasteiger partial charge in [-0.05, 0) is 0 Å². The van der Waals surface area contributed by atoms with Gasteiger partial charge >= 0.3 is 402 Å². The van der Waals surface area contributed by atoms with E-state index in [2.05, 4.69) is 55.4 Å². The monoisotopic (exact) mass is 1040 g/mol. The topological polar surface area (TPSA) is 105 Å². The van der Waals surface area contributed by atoms with Gasteiger partial charge in [0.15, 0.2) is 0 Å². The van der Waals surface area contributed by atoms with E-state index in [1.807, 2.05) is 0 Å². The van der Waals surface area contributed by atoms with E-state index in [0.717, 1.165) is 100 Å². The van der Waals surface area contributed by atoms with Gasteiger partial charge in [-0.1, -0.05) is 0 Å². The molecule has 0 saturated carbocycles. The number of rotatable bonds is 40. The molecule has 0 radical (unpaired) electrons. The summed E-state index contributed by atoms with van der Waals surface area (Å²) in [6.07, 6.45) is 22.3. The predicted octanol–water partition coefficient (Wildman–Crippen LogP) is 14.5. The Morgan fingerprint density at radius 2 is 0.492 bits per heavy atom. The number of hydrogen-bond acceptors (Lipinski definition) is 12. The summed E-state index contributed by atoms with van der Waals surface area (Å²) in [5, 5.41) is -2.57. The third-order valence-corrected chi connectivity index (χ3v) is 20.4. The van der Waals surface area contributed by atoms with Crippen LogP contribution in [0.3, 0.4) is 0 Å². The van der Waals surface area contributed by atoms with Crippen LogP contribution < -0.4 is 0 Å². The summed E-state index contributed by atoms with van der Waals surface area (Å²) < 4.78 is 24.2. The second-order valence-electron chi connectivity index (χ2n) is 18.6. The molecule has 0 aliphatic rings. The Hall–Kier alpha value is 0.0787. The quantitative estimate of drug-likeness (QED) is 0.0431. The van der Waals surface area contributed by atoms with Gasteiger partial charge in [0.05, 0.1) is 0 Å². The van der Waals surface area contributed by atoms with Crippen LogP contribution in [0.25, 0.3) is 0 Å². The molecular weight excluding hydrogens is 951 g/mol. The average molecular weight is 1040 g/mol. The van der Waals surface area contributed by atoms with Gasteiger partial charge in [0.1, 0.15) is 0 Å². The number of carbonyl (C=O) groups excluding carboxylic acids is 4. The van der Waals surface area contributed by atoms with Gasteiger partial charge in [0.2, 0.25) is 0 Å². The predicted molar refractivity (Wildman–Crippen MR) is 269 cm³/mol. The third-order valence-electron chi connectivity index (χ3n) is 10.4. The van der Waals surface area contributed by atoms with Crippen LogP contribution in [0.1, 0.15) is 212 Å². The van der Waals surface area contributed by atoms with Gasteiger partial charge in [0.25, 0.3) is 0 Å². The fraction of sp³-hybridized carbons (Fsp3) is 0.917. The van der Waals surface area contributed by atoms with E-state index in [9.17, 15) is 19.2 Å². The zero-order chi connectivity index (χ0) is 46.1. The first kappa shape index (κ1) is 61.1. The maximum atomic E-state index is 13.9. The van der Waals surface area contributed by atoms with Crippen molar-refractivity contribution in [1.29, 1.82) is 0 Å². The molecule has 0 aromatic rings. The SMILES string of the molecule is CC(C)CCCCCCSC(C)C(=O)[O][Sn]([O]C(=O)C(C)SCCCCCCC(C)C)([O]C(=O)C(C)SCCCCCCC(C)C)[O]C(=O)C(C)SCCCCCCC(C)C. The Balaban J connectivity index is 6.13. The number of thioether (sulfide) groups is 4. The van der Waals surface area contributed by atoms with Crippen molar-refractivity contribution in [2.24, 2.45) is 23.7 Å². The summed E-state index contributed by atoms with van der Waals surface area (Å²) in [6.45, 7) is 24.9. The molecule has 61 heavy (non-hydrogen) atoms. The van der Waals surface area contributed by atoms with Crippen molar-refractivity contribution in [3.05, 3.63) is 0 Å². The molecular formula is C48H92O8S4Sn. The van der Waals surface area contributed by atoms with Gasteiger partial charge < -0.3 is 0 Å². The first-order valence-corrected chi connectivity index (χ1v) is 33.1. The van der Waals surface area contributed by atoms with Crippen LogP contribution in [0.4, 0.5) is 0 Å². The molecule has 4 unspecified atom stereocenters. The van der Waals surface area contributed by atoms with Gasteiger partial charge in [-0.25, -0.2) is 0 Å². The molecule has 0 spiro atoms. The van der Waals surface area contributed by atoms with E-state index in [1.165, 1.54) is 98.4 Å². The standard InChI is InChI=1S/4C12H24O2S.Sn/c4*1-10(2)8-6-4-5-7-9-15-11(3)12(13)14;/h4*10-11H,4-9H2,1-3H3,(H,13,14);/q;;;;+4/p-4. The first-order valence-electron chi connectivity index (χ1n) is 24.3. The Labute approximate surface area is 398 Å². The van der Waals surface area contributed by atoms with E-state index < -0.39 is 64.9 Å². The molecule has 360 valence electrons. The number of unbranched alkanes of at least 4 members (excludes halogenated alkanes) is 12. The molecule has 0 aromatic carbocycles. The van der Waals surface area contributed by atoms with Gasteiger partial charge in [-0.2, -0.15) is 0 Å². The van der Waals surface area contributed by atoms with E-state index in [1.54, 1.807) is 27.7 Å².